The van der Waals surface area contributed by atoms with E-state index in [-0.39, 0.29) is 11.3 Å². The molecule has 1 aliphatic carbocycles. The first-order valence-electron chi connectivity index (χ1n) is 6.41. The quantitative estimate of drug-likeness (QED) is 0.669. The van der Waals surface area contributed by atoms with Crippen molar-refractivity contribution in [1.29, 1.82) is 0 Å². The Balaban J connectivity index is 2.36. The van der Waals surface area contributed by atoms with Crippen LogP contribution in [0.1, 0.15) is 12.0 Å². The Morgan fingerprint density at radius 2 is 2.10 bits per heavy atom. The summed E-state index contributed by atoms with van der Waals surface area (Å²) in [5.74, 6) is -0.0308. The second kappa shape index (κ2) is 4.53. The van der Waals surface area contributed by atoms with Gasteiger partial charge in [-0.2, -0.15) is 0 Å². The zero-order valence-corrected chi connectivity index (χ0v) is 10.9. The number of rotatable bonds is 2. The lowest BCUT2D eigenvalue weighted by Gasteiger charge is -2.27. The molecule has 0 aliphatic heterocycles. The van der Waals surface area contributed by atoms with E-state index in [0.717, 1.165) is 0 Å². The predicted molar refractivity (Wildman–Crippen MR) is 78.9 cm³/mol. The monoisotopic (exact) mass is 266 g/mol. The minimum Gasteiger partial charge on any atom is -0.507 e. The highest BCUT2D eigenvalue weighted by atomic mass is 16.4. The van der Waals surface area contributed by atoms with E-state index in [2.05, 4.69) is 6.58 Å². The highest BCUT2D eigenvalue weighted by Crippen LogP contribution is 2.39. The van der Waals surface area contributed by atoms with Crippen molar-refractivity contribution in [3.8, 4) is 5.75 Å². The molecule has 0 fully saturated rings. The number of aromatic hydroxyl groups is 1. The average Bonchev–Trinajstić information content (AvgIpc) is 2.48. The molecule has 20 heavy (non-hydrogen) atoms. The van der Waals surface area contributed by atoms with Crippen LogP contribution in [0.4, 0.5) is 0 Å². The molecule has 3 heteroatoms. The summed E-state index contributed by atoms with van der Waals surface area (Å²) in [5, 5.41) is 11.0. The molecule has 1 aromatic heterocycles. The van der Waals surface area contributed by atoms with Gasteiger partial charge in [-0.05, 0) is 18.6 Å². The number of allylic oxidation sites excluding steroid dienone is 5. The van der Waals surface area contributed by atoms with Crippen LogP contribution in [0.5, 0.6) is 5.75 Å². The van der Waals surface area contributed by atoms with Crippen LogP contribution < -0.4 is 5.63 Å². The number of fused-ring (bicyclic) bond motifs is 1. The van der Waals surface area contributed by atoms with Crippen molar-refractivity contribution in [2.45, 2.75) is 11.8 Å². The Morgan fingerprint density at radius 1 is 1.30 bits per heavy atom. The topological polar surface area (TPSA) is 50.4 Å². The zero-order chi connectivity index (χ0) is 14.2. The molecule has 2 aromatic rings. The molecule has 0 bridgehead atoms. The first-order valence-corrected chi connectivity index (χ1v) is 6.41. The van der Waals surface area contributed by atoms with Crippen molar-refractivity contribution in [1.82, 2.24) is 0 Å². The highest BCUT2D eigenvalue weighted by molar-refractivity contribution is 5.84. The fourth-order valence-corrected chi connectivity index (χ4v) is 2.62. The molecule has 0 amide bonds. The molecule has 1 unspecified atom stereocenters. The number of para-hydroxylation sites is 1. The maximum Gasteiger partial charge on any atom is 0.344 e. The van der Waals surface area contributed by atoms with E-state index in [4.69, 9.17) is 4.42 Å². The largest absolute Gasteiger partial charge is 0.507 e. The van der Waals surface area contributed by atoms with Crippen LogP contribution in [0.3, 0.4) is 0 Å². The lowest BCUT2D eigenvalue weighted by molar-refractivity contribution is 0.440. The molecule has 1 heterocycles. The Labute approximate surface area is 116 Å². The normalized spacial score (nSPS) is 21.2. The van der Waals surface area contributed by atoms with Gasteiger partial charge in [-0.25, -0.2) is 4.79 Å². The van der Waals surface area contributed by atoms with Crippen molar-refractivity contribution < 1.29 is 9.52 Å². The van der Waals surface area contributed by atoms with E-state index in [1.54, 1.807) is 30.3 Å². The van der Waals surface area contributed by atoms with Gasteiger partial charge < -0.3 is 9.52 Å². The van der Waals surface area contributed by atoms with Crippen LogP contribution in [-0.4, -0.2) is 5.11 Å². The van der Waals surface area contributed by atoms with Gasteiger partial charge in [0.1, 0.15) is 11.3 Å². The summed E-state index contributed by atoms with van der Waals surface area (Å²) < 4.78 is 5.33. The Kier molecular flexibility index (Phi) is 2.83. The molecule has 0 saturated carbocycles. The lowest BCUT2D eigenvalue weighted by atomic mass is 9.75. The summed E-state index contributed by atoms with van der Waals surface area (Å²) in [6.45, 7) is 3.82. The first-order chi connectivity index (χ1) is 9.68. The minimum absolute atomic E-state index is 0.0308. The van der Waals surface area contributed by atoms with Gasteiger partial charge in [-0.15, -0.1) is 6.58 Å². The second-order valence-corrected chi connectivity index (χ2v) is 4.85. The van der Waals surface area contributed by atoms with Gasteiger partial charge in [0.25, 0.3) is 0 Å². The van der Waals surface area contributed by atoms with Gasteiger partial charge in [0.2, 0.25) is 0 Å². The molecular weight excluding hydrogens is 252 g/mol. The Morgan fingerprint density at radius 3 is 2.80 bits per heavy atom. The van der Waals surface area contributed by atoms with Crippen molar-refractivity contribution in [3.05, 3.63) is 77.2 Å². The summed E-state index contributed by atoms with van der Waals surface area (Å²) in [7, 11) is 0. The van der Waals surface area contributed by atoms with E-state index in [0.29, 0.717) is 17.4 Å². The van der Waals surface area contributed by atoms with Gasteiger partial charge in [0.05, 0.1) is 10.9 Å². The summed E-state index contributed by atoms with van der Waals surface area (Å²) in [6, 6.07) is 6.95. The molecule has 0 spiro atoms. The second-order valence-electron chi connectivity index (χ2n) is 4.85. The predicted octanol–water partition coefficient (Wildman–Crippen LogP) is 3.44. The first kappa shape index (κ1) is 12.5. The molecule has 3 nitrogen and oxygen atoms in total. The maximum atomic E-state index is 12.3. The third-order valence-corrected chi connectivity index (χ3v) is 3.71. The van der Waals surface area contributed by atoms with Crippen LogP contribution in [-0.2, 0) is 5.41 Å². The van der Waals surface area contributed by atoms with Crippen molar-refractivity contribution in [3.63, 3.8) is 0 Å². The van der Waals surface area contributed by atoms with Crippen LogP contribution >= 0.6 is 0 Å². The molecule has 0 radical (unpaired) electrons. The summed E-state index contributed by atoms with van der Waals surface area (Å²) >= 11 is 0. The van der Waals surface area contributed by atoms with Crippen LogP contribution in [0, 0.1) is 0 Å². The molecule has 0 saturated heterocycles. The van der Waals surface area contributed by atoms with Crippen LogP contribution in [0.2, 0.25) is 0 Å². The fourth-order valence-electron chi connectivity index (χ4n) is 2.62. The Hall–Kier alpha value is -2.55. The van der Waals surface area contributed by atoms with Gasteiger partial charge in [0, 0.05) is 5.41 Å². The number of benzene rings is 1. The Bertz CT molecular complexity index is 795. The molecular formula is C17H14O3. The standard InChI is InChI=1S/C17H14O3/c1-2-17(10-6-3-7-11-17)14-15(18)12-8-4-5-9-13(12)20-16(14)19/h2-10,18H,1,11H2. The van der Waals surface area contributed by atoms with E-state index in [9.17, 15) is 9.90 Å². The van der Waals surface area contributed by atoms with Crippen LogP contribution in [0.25, 0.3) is 11.0 Å². The van der Waals surface area contributed by atoms with Crippen molar-refractivity contribution in [2.24, 2.45) is 0 Å². The van der Waals surface area contributed by atoms with E-state index in [1.807, 2.05) is 24.3 Å². The van der Waals surface area contributed by atoms with E-state index in [1.165, 1.54) is 0 Å². The minimum atomic E-state index is -0.719. The average molecular weight is 266 g/mol. The van der Waals surface area contributed by atoms with Gasteiger partial charge in [-0.1, -0.05) is 42.5 Å². The lowest BCUT2D eigenvalue weighted by Crippen LogP contribution is -2.28. The zero-order valence-electron chi connectivity index (χ0n) is 10.9. The SMILES string of the molecule is C=CC1(c2c(O)c3ccccc3oc2=O)C=CC=CC1. The number of hydrogen-bond donors (Lipinski definition) is 1. The summed E-state index contributed by atoms with van der Waals surface area (Å²) in [6.07, 6.45) is 9.80. The fraction of sp³-hybridized carbons (Fsp3) is 0.118. The van der Waals surface area contributed by atoms with Crippen molar-refractivity contribution >= 4 is 11.0 Å². The summed E-state index contributed by atoms with van der Waals surface area (Å²) in [5.41, 5.74) is -0.621. The van der Waals surface area contributed by atoms with E-state index >= 15 is 0 Å². The third-order valence-electron chi connectivity index (χ3n) is 3.71. The highest BCUT2D eigenvalue weighted by Gasteiger charge is 2.33. The van der Waals surface area contributed by atoms with Gasteiger partial charge in [-0.3, -0.25) is 0 Å². The third kappa shape index (κ3) is 1.71. The molecule has 1 N–H and O–H groups in total. The van der Waals surface area contributed by atoms with Crippen LogP contribution in [0.15, 0.2) is 70.4 Å². The smallest absolute Gasteiger partial charge is 0.344 e. The molecule has 1 aliphatic rings. The molecule has 1 atom stereocenters. The van der Waals surface area contributed by atoms with Gasteiger partial charge >= 0.3 is 5.63 Å². The summed E-state index contributed by atoms with van der Waals surface area (Å²) in [4.78, 5) is 12.3. The molecule has 3 rings (SSSR count). The molecule has 1 aromatic carbocycles. The molecule has 100 valence electrons. The van der Waals surface area contributed by atoms with E-state index < -0.39 is 11.0 Å². The maximum absolute atomic E-state index is 12.3. The van der Waals surface area contributed by atoms with Gasteiger partial charge in [0.15, 0.2) is 0 Å². The van der Waals surface area contributed by atoms with Crippen molar-refractivity contribution in [2.75, 3.05) is 0 Å². The number of hydrogen-bond acceptors (Lipinski definition) is 3.